The van der Waals surface area contributed by atoms with Crippen LogP contribution in [-0.2, 0) is 6.54 Å². The van der Waals surface area contributed by atoms with Crippen molar-refractivity contribution in [3.63, 3.8) is 0 Å². The predicted molar refractivity (Wildman–Crippen MR) is 170 cm³/mol. The van der Waals surface area contributed by atoms with Gasteiger partial charge < -0.3 is 19.7 Å². The molecule has 0 aromatic carbocycles. The number of amides is 2. The van der Waals surface area contributed by atoms with Gasteiger partial charge >= 0.3 is 11.8 Å². The van der Waals surface area contributed by atoms with Crippen molar-refractivity contribution in [3.8, 4) is 22.8 Å². The number of fused-ring (bicyclic) bond motifs is 1. The van der Waals surface area contributed by atoms with Crippen molar-refractivity contribution in [2.45, 2.75) is 65.1 Å². The quantitative estimate of drug-likeness (QED) is 0.272. The highest BCUT2D eigenvalue weighted by Gasteiger charge is 2.37. The van der Waals surface area contributed by atoms with E-state index in [0.29, 0.717) is 47.5 Å². The van der Waals surface area contributed by atoms with Crippen molar-refractivity contribution in [1.82, 2.24) is 39.9 Å². The number of halogens is 1. The molecule has 4 aromatic heterocycles. The minimum atomic E-state index is -0.668. The summed E-state index contributed by atoms with van der Waals surface area (Å²) in [5, 5.41) is 7.30. The second-order valence-electron chi connectivity index (χ2n) is 12.0. The molecule has 0 radical (unpaired) electrons. The van der Waals surface area contributed by atoms with Crippen LogP contribution in [0.15, 0.2) is 46.5 Å². The van der Waals surface area contributed by atoms with E-state index in [2.05, 4.69) is 50.3 Å². The molecule has 232 valence electrons. The monoisotopic (exact) mass is 619 g/mol. The first-order valence-electron chi connectivity index (χ1n) is 15.3. The van der Waals surface area contributed by atoms with E-state index >= 15 is 0 Å². The maximum Gasteiger partial charge on any atom is 0.439 e. The molecule has 2 atom stereocenters. The molecule has 1 saturated heterocycles. The Morgan fingerprint density at radius 1 is 1.18 bits per heavy atom. The molecule has 2 N–H and O–H groups in total. The van der Waals surface area contributed by atoms with Gasteiger partial charge in [0.15, 0.2) is 0 Å². The first kappa shape index (κ1) is 29.9. The fraction of sp³-hybridized carbons (Fsp3) is 0.484. The predicted octanol–water partition coefficient (Wildman–Crippen LogP) is 5.11. The number of H-pyrrole nitrogens is 1. The van der Waals surface area contributed by atoms with Crippen LogP contribution in [0.25, 0.3) is 33.8 Å². The highest BCUT2D eigenvalue weighted by Crippen LogP contribution is 2.38. The van der Waals surface area contributed by atoms with E-state index in [9.17, 15) is 9.59 Å². The zero-order chi connectivity index (χ0) is 31.0. The normalized spacial score (nSPS) is 22.4. The Morgan fingerprint density at radius 2 is 1.98 bits per heavy atom. The number of carbonyl (C=O) groups excluding carboxylic acids is 1. The van der Waals surface area contributed by atoms with Crippen LogP contribution in [0, 0.1) is 11.8 Å². The molecule has 2 aliphatic rings. The van der Waals surface area contributed by atoms with Crippen molar-refractivity contribution in [3.05, 3.63) is 52.8 Å². The summed E-state index contributed by atoms with van der Waals surface area (Å²) in [6, 6.07) is 3.35. The lowest BCUT2D eigenvalue weighted by Crippen LogP contribution is -2.60. The summed E-state index contributed by atoms with van der Waals surface area (Å²) in [7, 11) is 0. The topological polar surface area (TPSA) is 138 Å². The molecular formula is C31H38ClN9O3. The molecule has 0 bridgehead atoms. The molecule has 2 fully saturated rings. The third-order valence-corrected chi connectivity index (χ3v) is 8.99. The smallest absolute Gasteiger partial charge is 0.338 e. The summed E-state index contributed by atoms with van der Waals surface area (Å²) in [5.41, 5.74) is 3.29. The van der Waals surface area contributed by atoms with Crippen molar-refractivity contribution in [2.24, 2.45) is 11.8 Å². The number of nitrogens with zero attached hydrogens (tertiary/aromatic N) is 7. The van der Waals surface area contributed by atoms with Gasteiger partial charge in [-0.3, -0.25) is 14.5 Å². The maximum absolute atomic E-state index is 12.8. The zero-order valence-corrected chi connectivity index (χ0v) is 26.0. The van der Waals surface area contributed by atoms with E-state index in [-0.39, 0.29) is 23.9 Å². The summed E-state index contributed by atoms with van der Waals surface area (Å²) >= 11 is 6.42. The Bertz CT molecular complexity index is 1720. The number of hydrogen-bond acceptors (Lipinski definition) is 8. The van der Waals surface area contributed by atoms with Gasteiger partial charge in [0, 0.05) is 50.2 Å². The Hall–Kier alpha value is -4.19. The molecule has 2 amide bonds. The number of aromatic amines is 1. The second kappa shape index (κ2) is 12.4. The van der Waals surface area contributed by atoms with Crippen molar-refractivity contribution < 1.29 is 9.32 Å². The number of imidazole rings is 1. The molecule has 6 rings (SSSR count). The maximum atomic E-state index is 12.8. The molecule has 44 heavy (non-hydrogen) atoms. The summed E-state index contributed by atoms with van der Waals surface area (Å²) in [5.74, 6) is 1.51. The van der Waals surface area contributed by atoms with Gasteiger partial charge in [-0.1, -0.05) is 42.6 Å². The van der Waals surface area contributed by atoms with Gasteiger partial charge in [-0.25, -0.2) is 19.6 Å². The number of carbonyl (C=O) groups is 1. The largest absolute Gasteiger partial charge is 0.439 e. The fourth-order valence-corrected chi connectivity index (χ4v) is 6.75. The van der Waals surface area contributed by atoms with Gasteiger partial charge in [0.1, 0.15) is 5.69 Å². The average molecular weight is 620 g/mol. The molecule has 1 saturated carbocycles. The van der Waals surface area contributed by atoms with Crippen molar-refractivity contribution in [2.75, 3.05) is 24.5 Å². The minimum absolute atomic E-state index is 0.0492. The molecule has 4 aromatic rings. The molecule has 1 aliphatic heterocycles. The van der Waals surface area contributed by atoms with Crippen LogP contribution >= 0.6 is 11.6 Å². The molecule has 13 heteroatoms. The first-order chi connectivity index (χ1) is 21.2. The molecule has 0 spiro atoms. The van der Waals surface area contributed by atoms with Crippen LogP contribution in [0.4, 0.5) is 10.7 Å². The number of rotatable bonds is 7. The summed E-state index contributed by atoms with van der Waals surface area (Å²) in [6.07, 6.45) is 9.84. The van der Waals surface area contributed by atoms with Gasteiger partial charge in [0.2, 0.25) is 11.8 Å². The summed E-state index contributed by atoms with van der Waals surface area (Å²) in [4.78, 5) is 46.0. The van der Waals surface area contributed by atoms with Crippen LogP contribution in [0.1, 0.15) is 46.5 Å². The number of pyridine rings is 2. The number of aromatic nitrogens is 6. The summed E-state index contributed by atoms with van der Waals surface area (Å²) < 4.78 is 7.08. The minimum Gasteiger partial charge on any atom is -0.338 e. The van der Waals surface area contributed by atoms with Gasteiger partial charge in [0.25, 0.3) is 0 Å². The average Bonchev–Trinajstić information content (AvgIpc) is 3.60. The lowest BCUT2D eigenvalue weighted by Gasteiger charge is -2.45. The van der Waals surface area contributed by atoms with E-state index in [1.165, 1.54) is 12.8 Å². The molecule has 5 heterocycles. The standard InChI is InChI=1S/C31H38ClN9O3/c1-5-23-17-39(30(42)34-6-2)15-19(4)41(23)29-36-24-12-25(28-37-31(43)44-38-28)35-26(21-11-22(32)14-33-13-21)27(24)40(29)16-20-9-7-18(3)8-10-20/h5,11-14,18-20,23H,1,6-10,15-17H2,2-4H3,(H,34,42)(H,37,38,43)/t18?,19-,20?,23-/m1/s1. The Kier molecular flexibility index (Phi) is 8.44. The SMILES string of the molecule is C=C[C@@H]1CN(C(=O)NCC)C[C@@H](C)N1c1nc2cc(-c3noc(=O)[nH]3)nc(-c3cncc(Cl)c3)c2n1CC1CCC(C)CC1. The lowest BCUT2D eigenvalue weighted by molar-refractivity contribution is 0.179. The van der Waals surface area contributed by atoms with E-state index in [1.54, 1.807) is 12.4 Å². The van der Waals surface area contributed by atoms with Crippen LogP contribution in [0.3, 0.4) is 0 Å². The van der Waals surface area contributed by atoms with Crippen LogP contribution in [0.2, 0.25) is 5.02 Å². The number of piperazine rings is 1. The number of hydrogen-bond donors (Lipinski definition) is 2. The van der Waals surface area contributed by atoms with Gasteiger partial charge in [0.05, 0.1) is 27.8 Å². The third kappa shape index (κ3) is 5.82. The number of nitrogens with one attached hydrogen (secondary N) is 2. The third-order valence-electron chi connectivity index (χ3n) is 8.78. The Balaban J connectivity index is 1.55. The Morgan fingerprint density at radius 3 is 2.66 bits per heavy atom. The molecule has 0 unspecified atom stereocenters. The lowest BCUT2D eigenvalue weighted by atomic mass is 9.83. The molecule has 1 aliphatic carbocycles. The molecular weight excluding hydrogens is 582 g/mol. The van der Waals surface area contributed by atoms with Crippen molar-refractivity contribution in [1.29, 1.82) is 0 Å². The van der Waals surface area contributed by atoms with E-state index in [1.807, 2.05) is 30.0 Å². The van der Waals surface area contributed by atoms with Crippen LogP contribution in [0.5, 0.6) is 0 Å². The zero-order valence-electron chi connectivity index (χ0n) is 25.3. The summed E-state index contributed by atoms with van der Waals surface area (Å²) in [6.45, 7) is 12.8. The van der Waals surface area contributed by atoms with Gasteiger partial charge in [-0.05, 0) is 50.7 Å². The fourth-order valence-electron chi connectivity index (χ4n) is 6.57. The van der Waals surface area contributed by atoms with Gasteiger partial charge in [-0.15, -0.1) is 6.58 Å². The highest BCUT2D eigenvalue weighted by molar-refractivity contribution is 6.30. The number of anilines is 1. The van der Waals surface area contributed by atoms with E-state index in [4.69, 9.17) is 26.1 Å². The highest BCUT2D eigenvalue weighted by atomic mass is 35.5. The van der Waals surface area contributed by atoms with Crippen LogP contribution in [-0.4, -0.2) is 72.3 Å². The molecule has 12 nitrogen and oxygen atoms in total. The van der Waals surface area contributed by atoms with E-state index < -0.39 is 5.76 Å². The second-order valence-corrected chi connectivity index (χ2v) is 12.4. The van der Waals surface area contributed by atoms with Crippen molar-refractivity contribution >= 4 is 34.6 Å². The Labute approximate surface area is 260 Å². The first-order valence-corrected chi connectivity index (χ1v) is 15.7. The van der Waals surface area contributed by atoms with Gasteiger partial charge in [-0.2, -0.15) is 0 Å². The van der Waals surface area contributed by atoms with E-state index in [0.717, 1.165) is 42.3 Å². The number of urea groups is 1. The van der Waals surface area contributed by atoms with Crippen LogP contribution < -0.4 is 16.0 Å².